The zero-order valence-corrected chi connectivity index (χ0v) is 9.11. The molecule has 3 aromatic rings. The molecule has 8 heteroatoms. The third kappa shape index (κ3) is 1.59. The highest BCUT2D eigenvalue weighted by Gasteiger charge is 2.14. The number of carboxylic acid groups (broad SMARTS) is 1. The number of nitrogens with zero attached hydrogens (tertiary/aromatic N) is 5. The van der Waals surface area contributed by atoms with Gasteiger partial charge in [0.1, 0.15) is 11.3 Å². The van der Waals surface area contributed by atoms with Crippen molar-refractivity contribution < 1.29 is 9.90 Å². The first-order valence-electron chi connectivity index (χ1n) is 5.16. The number of aromatic nitrogens is 6. The molecule has 18 heavy (non-hydrogen) atoms. The molecule has 0 aliphatic rings. The van der Waals surface area contributed by atoms with Gasteiger partial charge in [-0.25, -0.2) is 4.98 Å². The predicted molar refractivity (Wildman–Crippen MR) is 59.7 cm³/mol. The third-order valence-electron chi connectivity index (χ3n) is 2.52. The van der Waals surface area contributed by atoms with E-state index in [4.69, 9.17) is 5.11 Å². The zero-order chi connectivity index (χ0) is 12.5. The van der Waals surface area contributed by atoms with Crippen LogP contribution < -0.4 is 0 Å². The highest BCUT2D eigenvalue weighted by atomic mass is 16.4. The first-order chi connectivity index (χ1) is 8.75. The quantitative estimate of drug-likeness (QED) is 0.678. The number of nitrogens with one attached hydrogen (secondary N) is 1. The smallest absolute Gasteiger partial charge is 0.309 e. The minimum Gasteiger partial charge on any atom is -0.481 e. The Balaban J connectivity index is 2.24. The zero-order valence-electron chi connectivity index (χ0n) is 9.11. The van der Waals surface area contributed by atoms with E-state index in [2.05, 4.69) is 25.6 Å². The van der Waals surface area contributed by atoms with Crippen LogP contribution in [0.4, 0.5) is 0 Å². The Morgan fingerprint density at radius 1 is 1.44 bits per heavy atom. The summed E-state index contributed by atoms with van der Waals surface area (Å²) in [4.78, 5) is 15.0. The van der Waals surface area contributed by atoms with Crippen LogP contribution in [0.2, 0.25) is 0 Å². The molecule has 3 aromatic heterocycles. The van der Waals surface area contributed by atoms with Gasteiger partial charge in [-0.2, -0.15) is 5.21 Å². The molecule has 0 bridgehead atoms. The molecule has 0 spiro atoms. The van der Waals surface area contributed by atoms with Crippen molar-refractivity contribution in [2.45, 2.75) is 6.42 Å². The van der Waals surface area contributed by atoms with E-state index in [1.807, 2.05) is 0 Å². The summed E-state index contributed by atoms with van der Waals surface area (Å²) < 4.78 is 1.71. The van der Waals surface area contributed by atoms with Gasteiger partial charge in [0, 0.05) is 5.69 Å². The Hall–Kier alpha value is -2.77. The number of aromatic amines is 1. The Kier molecular flexibility index (Phi) is 2.26. The van der Waals surface area contributed by atoms with Crippen LogP contribution in [0.3, 0.4) is 0 Å². The van der Waals surface area contributed by atoms with Crippen molar-refractivity contribution in [3.05, 3.63) is 30.1 Å². The fourth-order valence-corrected chi connectivity index (χ4v) is 1.83. The van der Waals surface area contributed by atoms with Gasteiger partial charge >= 0.3 is 5.97 Å². The number of hydrogen-bond donors (Lipinski definition) is 2. The summed E-state index contributed by atoms with van der Waals surface area (Å²) in [6.07, 6.45) is 1.49. The number of carboxylic acids is 1. The number of aliphatic carboxylic acids is 1. The summed E-state index contributed by atoms with van der Waals surface area (Å²) in [7, 11) is 0. The van der Waals surface area contributed by atoms with E-state index in [1.165, 1.54) is 0 Å². The lowest BCUT2D eigenvalue weighted by atomic mass is 10.2. The van der Waals surface area contributed by atoms with Crippen molar-refractivity contribution in [2.75, 3.05) is 0 Å². The van der Waals surface area contributed by atoms with Crippen LogP contribution in [0.15, 0.2) is 24.4 Å². The van der Waals surface area contributed by atoms with Gasteiger partial charge in [0.2, 0.25) is 5.82 Å². The summed E-state index contributed by atoms with van der Waals surface area (Å²) in [6, 6.07) is 5.28. The third-order valence-corrected chi connectivity index (χ3v) is 2.52. The maximum absolute atomic E-state index is 10.8. The normalized spacial score (nSPS) is 10.9. The number of imidazole rings is 1. The van der Waals surface area contributed by atoms with Crippen LogP contribution >= 0.6 is 0 Å². The molecule has 3 heterocycles. The molecule has 0 aliphatic carbocycles. The molecule has 8 nitrogen and oxygen atoms in total. The van der Waals surface area contributed by atoms with Gasteiger partial charge < -0.3 is 5.11 Å². The number of pyridine rings is 1. The molecule has 0 fully saturated rings. The monoisotopic (exact) mass is 244 g/mol. The lowest BCUT2D eigenvalue weighted by Crippen LogP contribution is -2.06. The second-order valence-corrected chi connectivity index (χ2v) is 3.66. The molecule has 2 N–H and O–H groups in total. The second kappa shape index (κ2) is 3.91. The fourth-order valence-electron chi connectivity index (χ4n) is 1.83. The number of fused-ring (bicyclic) bond motifs is 1. The lowest BCUT2D eigenvalue weighted by Gasteiger charge is -2.04. The Morgan fingerprint density at radius 2 is 2.33 bits per heavy atom. The number of carbonyl (C=O) groups is 1. The van der Waals surface area contributed by atoms with E-state index in [1.54, 1.807) is 28.8 Å². The summed E-state index contributed by atoms with van der Waals surface area (Å²) in [5, 5.41) is 22.5. The second-order valence-electron chi connectivity index (χ2n) is 3.66. The fraction of sp³-hybridized carbons (Fsp3) is 0.100. The van der Waals surface area contributed by atoms with Crippen molar-refractivity contribution in [3.63, 3.8) is 0 Å². The molecule has 3 rings (SSSR count). The van der Waals surface area contributed by atoms with Crippen LogP contribution in [0, 0.1) is 0 Å². The maximum atomic E-state index is 10.8. The Morgan fingerprint density at radius 3 is 3.06 bits per heavy atom. The molecular formula is C10H8N6O2. The summed E-state index contributed by atoms with van der Waals surface area (Å²) in [6.45, 7) is 0. The summed E-state index contributed by atoms with van der Waals surface area (Å²) >= 11 is 0. The van der Waals surface area contributed by atoms with E-state index < -0.39 is 5.97 Å². The molecule has 0 unspecified atom stereocenters. The number of tetrazole rings is 1. The predicted octanol–water partition coefficient (Wildman–Crippen LogP) is 0.142. The number of rotatable bonds is 3. The highest BCUT2D eigenvalue weighted by Crippen LogP contribution is 2.18. The van der Waals surface area contributed by atoms with E-state index in [-0.39, 0.29) is 6.42 Å². The average Bonchev–Trinajstić information content (AvgIpc) is 2.96. The highest BCUT2D eigenvalue weighted by molar-refractivity contribution is 5.70. The van der Waals surface area contributed by atoms with Gasteiger partial charge in [-0.05, 0) is 17.3 Å². The van der Waals surface area contributed by atoms with Gasteiger partial charge in [-0.15, -0.1) is 10.2 Å². The Labute approximate surface area is 100 Å². The molecule has 0 atom stereocenters. The molecule has 90 valence electrons. The van der Waals surface area contributed by atoms with Crippen molar-refractivity contribution in [3.8, 4) is 11.5 Å². The molecular weight excluding hydrogens is 236 g/mol. The standard InChI is InChI=1S/C10H8N6O2/c17-9(18)4-6-2-1-3-8-11-5-7(16(6)8)10-12-14-15-13-10/h1-3,5H,4H2,(H,17,18)(H,12,13,14,15). The van der Waals surface area contributed by atoms with E-state index in [0.717, 1.165) is 0 Å². The van der Waals surface area contributed by atoms with Crippen molar-refractivity contribution in [1.82, 2.24) is 30.0 Å². The van der Waals surface area contributed by atoms with Gasteiger partial charge in [0.15, 0.2) is 0 Å². The Bertz CT molecular complexity index is 702. The van der Waals surface area contributed by atoms with Gasteiger partial charge in [0.25, 0.3) is 0 Å². The average molecular weight is 244 g/mol. The topological polar surface area (TPSA) is 109 Å². The van der Waals surface area contributed by atoms with E-state index >= 15 is 0 Å². The summed E-state index contributed by atoms with van der Waals surface area (Å²) in [5.74, 6) is -0.532. The first kappa shape index (κ1) is 10.4. The van der Waals surface area contributed by atoms with Crippen LogP contribution in [0.1, 0.15) is 5.69 Å². The van der Waals surface area contributed by atoms with Crippen molar-refractivity contribution in [2.24, 2.45) is 0 Å². The van der Waals surface area contributed by atoms with Crippen LogP contribution in [0.5, 0.6) is 0 Å². The SMILES string of the molecule is O=C(O)Cc1cccc2ncc(-c3nn[nH]n3)n12. The van der Waals surface area contributed by atoms with Crippen LogP contribution in [-0.2, 0) is 11.2 Å². The minimum atomic E-state index is -0.907. The van der Waals surface area contributed by atoms with Gasteiger partial charge in [0.05, 0.1) is 12.6 Å². The van der Waals surface area contributed by atoms with Crippen LogP contribution in [-0.4, -0.2) is 41.1 Å². The molecule has 0 aromatic carbocycles. The largest absolute Gasteiger partial charge is 0.481 e. The van der Waals surface area contributed by atoms with Crippen molar-refractivity contribution >= 4 is 11.6 Å². The summed E-state index contributed by atoms with van der Waals surface area (Å²) in [5.41, 5.74) is 1.86. The minimum absolute atomic E-state index is 0.0987. The number of H-pyrrole nitrogens is 1. The molecule has 0 radical (unpaired) electrons. The van der Waals surface area contributed by atoms with Gasteiger partial charge in [-0.3, -0.25) is 9.20 Å². The molecule has 0 saturated carbocycles. The van der Waals surface area contributed by atoms with Gasteiger partial charge in [-0.1, -0.05) is 6.07 Å². The first-order valence-corrected chi connectivity index (χ1v) is 5.16. The maximum Gasteiger partial charge on any atom is 0.309 e. The van der Waals surface area contributed by atoms with Crippen molar-refractivity contribution in [1.29, 1.82) is 0 Å². The van der Waals surface area contributed by atoms with E-state index in [0.29, 0.717) is 22.9 Å². The molecule has 0 saturated heterocycles. The number of hydrogen-bond acceptors (Lipinski definition) is 5. The lowest BCUT2D eigenvalue weighted by molar-refractivity contribution is -0.136. The molecule has 0 aliphatic heterocycles. The van der Waals surface area contributed by atoms with E-state index in [9.17, 15) is 4.79 Å². The molecule has 0 amide bonds. The van der Waals surface area contributed by atoms with Crippen LogP contribution in [0.25, 0.3) is 17.2 Å².